The zero-order valence-electron chi connectivity index (χ0n) is 11.4. The Morgan fingerprint density at radius 2 is 2.06 bits per heavy atom. The number of carbonyl (C=O) groups excluding carboxylic acids is 1. The number of hydrogen-bond acceptors (Lipinski definition) is 3. The van der Waals surface area contributed by atoms with E-state index in [0.717, 1.165) is 19.4 Å². The molecule has 0 amide bonds. The summed E-state index contributed by atoms with van der Waals surface area (Å²) >= 11 is 0. The quantitative estimate of drug-likeness (QED) is 0.660. The molecule has 0 spiro atoms. The van der Waals surface area contributed by atoms with Crippen LogP contribution >= 0.6 is 0 Å². The summed E-state index contributed by atoms with van der Waals surface area (Å²) < 4.78 is 5.68. The first kappa shape index (κ1) is 15.6. The lowest BCUT2D eigenvalue weighted by molar-refractivity contribution is -0.119. The summed E-state index contributed by atoms with van der Waals surface area (Å²) in [5.74, 6) is 0.325. The van der Waals surface area contributed by atoms with E-state index in [1.165, 1.54) is 0 Å². The largest absolute Gasteiger partial charge is 0.378 e. The predicted molar refractivity (Wildman–Crippen MR) is 67.7 cm³/mol. The van der Waals surface area contributed by atoms with Crippen molar-refractivity contribution >= 4 is 5.78 Å². The van der Waals surface area contributed by atoms with Gasteiger partial charge in [-0.25, -0.2) is 0 Å². The minimum absolute atomic E-state index is 0.124. The van der Waals surface area contributed by atoms with E-state index in [4.69, 9.17) is 4.74 Å². The maximum absolute atomic E-state index is 11.1. The van der Waals surface area contributed by atoms with Crippen molar-refractivity contribution in [2.75, 3.05) is 13.7 Å². The molecule has 0 saturated heterocycles. The Kier molecular flexibility index (Phi) is 7.60. The van der Waals surface area contributed by atoms with Gasteiger partial charge in [-0.2, -0.15) is 0 Å². The van der Waals surface area contributed by atoms with Gasteiger partial charge in [-0.15, -0.1) is 0 Å². The molecule has 16 heavy (non-hydrogen) atoms. The van der Waals surface area contributed by atoms with Crippen LogP contribution in [-0.2, 0) is 9.53 Å². The van der Waals surface area contributed by atoms with Crippen molar-refractivity contribution in [1.82, 2.24) is 5.32 Å². The average molecular weight is 229 g/mol. The number of Topliss-reactive ketones (excluding diaryl/α,β-unsaturated/α-hetero) is 1. The van der Waals surface area contributed by atoms with Crippen LogP contribution in [-0.4, -0.2) is 31.1 Å². The zero-order chi connectivity index (χ0) is 12.6. The van der Waals surface area contributed by atoms with Gasteiger partial charge in [0.25, 0.3) is 0 Å². The van der Waals surface area contributed by atoms with E-state index < -0.39 is 0 Å². The third kappa shape index (κ3) is 7.83. The molecule has 0 saturated carbocycles. The molecule has 96 valence electrons. The van der Waals surface area contributed by atoms with Gasteiger partial charge >= 0.3 is 0 Å². The lowest BCUT2D eigenvalue weighted by Gasteiger charge is -2.24. The van der Waals surface area contributed by atoms with E-state index in [0.29, 0.717) is 18.6 Å². The fourth-order valence-electron chi connectivity index (χ4n) is 1.26. The first-order chi connectivity index (χ1) is 7.41. The van der Waals surface area contributed by atoms with Crippen molar-refractivity contribution in [1.29, 1.82) is 0 Å². The van der Waals surface area contributed by atoms with Gasteiger partial charge in [0.15, 0.2) is 0 Å². The van der Waals surface area contributed by atoms with Crippen LogP contribution in [0.15, 0.2) is 0 Å². The van der Waals surface area contributed by atoms with Gasteiger partial charge in [0.2, 0.25) is 0 Å². The molecule has 0 aromatic heterocycles. The second-order valence-corrected chi connectivity index (χ2v) is 5.00. The highest BCUT2D eigenvalue weighted by Gasteiger charge is 2.14. The third-order valence-electron chi connectivity index (χ3n) is 3.03. The topological polar surface area (TPSA) is 38.3 Å². The first-order valence-electron chi connectivity index (χ1n) is 6.23. The van der Waals surface area contributed by atoms with Gasteiger partial charge < -0.3 is 10.1 Å². The molecule has 0 aliphatic heterocycles. The summed E-state index contributed by atoms with van der Waals surface area (Å²) in [6.07, 6.45) is 3.29. The molecule has 0 aliphatic carbocycles. The molecule has 3 nitrogen and oxygen atoms in total. The van der Waals surface area contributed by atoms with Crippen LogP contribution in [0.1, 0.15) is 53.4 Å². The Bertz CT molecular complexity index is 202. The lowest BCUT2D eigenvalue weighted by atomic mass is 10.0. The van der Waals surface area contributed by atoms with Gasteiger partial charge in [-0.3, -0.25) is 4.79 Å². The van der Waals surface area contributed by atoms with E-state index in [9.17, 15) is 4.79 Å². The standard InChI is InChI=1S/C13H27NO2/c1-6-12(15)8-7-11(2)16-10-9-13(3,4)14-5/h11,14H,6-10H2,1-5H3. The van der Waals surface area contributed by atoms with E-state index >= 15 is 0 Å². The summed E-state index contributed by atoms with van der Waals surface area (Å²) in [6, 6.07) is 0. The molecule has 0 bridgehead atoms. The second kappa shape index (κ2) is 7.80. The molecular formula is C13H27NO2. The maximum Gasteiger partial charge on any atom is 0.132 e. The highest BCUT2D eigenvalue weighted by atomic mass is 16.5. The molecule has 1 N–H and O–H groups in total. The fraction of sp³-hybridized carbons (Fsp3) is 0.923. The molecule has 1 atom stereocenters. The van der Waals surface area contributed by atoms with Crippen LogP contribution in [0.2, 0.25) is 0 Å². The van der Waals surface area contributed by atoms with Crippen LogP contribution < -0.4 is 5.32 Å². The summed E-state index contributed by atoms with van der Waals surface area (Å²) in [4.78, 5) is 11.1. The van der Waals surface area contributed by atoms with E-state index in [2.05, 4.69) is 19.2 Å². The van der Waals surface area contributed by atoms with E-state index in [-0.39, 0.29) is 11.6 Å². The summed E-state index contributed by atoms with van der Waals surface area (Å²) in [5.41, 5.74) is 0.124. The minimum atomic E-state index is 0.124. The van der Waals surface area contributed by atoms with Gasteiger partial charge in [0.1, 0.15) is 5.78 Å². The minimum Gasteiger partial charge on any atom is -0.378 e. The van der Waals surface area contributed by atoms with Gasteiger partial charge in [-0.05, 0) is 40.7 Å². The highest BCUT2D eigenvalue weighted by Crippen LogP contribution is 2.10. The van der Waals surface area contributed by atoms with Crippen LogP contribution in [0.3, 0.4) is 0 Å². The predicted octanol–water partition coefficient (Wildman–Crippen LogP) is 2.54. The third-order valence-corrected chi connectivity index (χ3v) is 3.03. The van der Waals surface area contributed by atoms with Crippen molar-refractivity contribution in [3.05, 3.63) is 0 Å². The van der Waals surface area contributed by atoms with Crippen molar-refractivity contribution in [3.8, 4) is 0 Å². The van der Waals surface area contributed by atoms with Crippen LogP contribution in [0.25, 0.3) is 0 Å². The molecule has 0 heterocycles. The second-order valence-electron chi connectivity index (χ2n) is 5.00. The van der Waals surface area contributed by atoms with Gasteiger partial charge in [-0.1, -0.05) is 6.92 Å². The molecular weight excluding hydrogens is 202 g/mol. The molecule has 3 heteroatoms. The van der Waals surface area contributed by atoms with Gasteiger partial charge in [0.05, 0.1) is 6.10 Å². The molecule has 0 fully saturated rings. The number of nitrogens with one attached hydrogen (secondary N) is 1. The molecule has 0 rings (SSSR count). The molecule has 0 radical (unpaired) electrons. The Labute approximate surface area is 99.9 Å². The maximum atomic E-state index is 11.1. The number of hydrogen-bond donors (Lipinski definition) is 1. The SMILES string of the molecule is CCC(=O)CCC(C)OCCC(C)(C)NC. The van der Waals surface area contributed by atoms with Crippen LogP contribution in [0, 0.1) is 0 Å². The van der Waals surface area contributed by atoms with Gasteiger partial charge in [0, 0.05) is 25.0 Å². The fourth-order valence-corrected chi connectivity index (χ4v) is 1.26. The van der Waals surface area contributed by atoms with Crippen molar-refractivity contribution < 1.29 is 9.53 Å². The Balaban J connectivity index is 3.58. The molecule has 0 aliphatic rings. The Morgan fingerprint density at radius 1 is 1.44 bits per heavy atom. The normalized spacial score (nSPS) is 13.8. The number of carbonyl (C=O) groups is 1. The first-order valence-corrected chi connectivity index (χ1v) is 6.23. The van der Waals surface area contributed by atoms with Crippen LogP contribution in [0.4, 0.5) is 0 Å². The summed E-state index contributed by atoms with van der Waals surface area (Å²) in [6.45, 7) is 9.00. The smallest absolute Gasteiger partial charge is 0.132 e. The average Bonchev–Trinajstić information content (AvgIpc) is 2.25. The Morgan fingerprint density at radius 3 is 2.56 bits per heavy atom. The molecule has 0 aromatic carbocycles. The highest BCUT2D eigenvalue weighted by molar-refractivity contribution is 5.77. The van der Waals surface area contributed by atoms with E-state index in [1.54, 1.807) is 0 Å². The summed E-state index contributed by atoms with van der Waals surface area (Å²) in [7, 11) is 1.96. The summed E-state index contributed by atoms with van der Waals surface area (Å²) in [5, 5.41) is 3.24. The number of rotatable bonds is 9. The van der Waals surface area contributed by atoms with Crippen molar-refractivity contribution in [3.63, 3.8) is 0 Å². The Hall–Kier alpha value is -0.410. The van der Waals surface area contributed by atoms with E-state index in [1.807, 2.05) is 20.9 Å². The molecule has 0 aromatic rings. The van der Waals surface area contributed by atoms with Crippen LogP contribution in [0.5, 0.6) is 0 Å². The molecule has 1 unspecified atom stereocenters. The van der Waals surface area contributed by atoms with Crippen molar-refractivity contribution in [2.45, 2.75) is 65.0 Å². The van der Waals surface area contributed by atoms with Crippen molar-refractivity contribution in [2.24, 2.45) is 0 Å². The number of ketones is 1. The monoisotopic (exact) mass is 229 g/mol. The number of ether oxygens (including phenoxy) is 1. The zero-order valence-corrected chi connectivity index (χ0v) is 11.4. The lowest BCUT2D eigenvalue weighted by Crippen LogP contribution is -2.37.